The van der Waals surface area contributed by atoms with Crippen molar-refractivity contribution in [2.45, 2.75) is 39.8 Å². The molecule has 0 bridgehead atoms. The van der Waals surface area contributed by atoms with E-state index < -0.39 is 0 Å². The van der Waals surface area contributed by atoms with Gasteiger partial charge in [-0.25, -0.2) is 4.98 Å². The van der Waals surface area contributed by atoms with Crippen LogP contribution in [0.1, 0.15) is 37.8 Å². The third-order valence-electron chi connectivity index (χ3n) is 5.09. The van der Waals surface area contributed by atoms with Crippen LogP contribution in [0.4, 0.5) is 0 Å². The highest BCUT2D eigenvalue weighted by Crippen LogP contribution is 2.19. The van der Waals surface area contributed by atoms with E-state index in [2.05, 4.69) is 34.6 Å². The quantitative estimate of drug-likeness (QED) is 0.852. The normalized spacial score (nSPS) is 15.1. The van der Waals surface area contributed by atoms with E-state index in [1.165, 1.54) is 5.56 Å². The van der Waals surface area contributed by atoms with Crippen molar-refractivity contribution in [1.82, 2.24) is 19.8 Å². The number of benzene rings is 1. The zero-order valence-corrected chi connectivity index (χ0v) is 16.1. The first-order chi connectivity index (χ1) is 13.0. The van der Waals surface area contributed by atoms with Gasteiger partial charge in [-0.15, -0.1) is 0 Å². The van der Waals surface area contributed by atoms with Crippen LogP contribution in [0.15, 0.2) is 43.0 Å². The van der Waals surface area contributed by atoms with Gasteiger partial charge in [-0.05, 0) is 24.0 Å². The summed E-state index contributed by atoms with van der Waals surface area (Å²) in [5.41, 5.74) is 2.29. The maximum Gasteiger partial charge on any atom is 0.225 e. The standard InChI is InChI=1S/C21H28N4O2/c1-16(2)21(27)25-10-7-19(8-11-25)20(26)23-13-17-3-5-18(6-4-17)14-24-12-9-22-15-24/h3-6,9,12,15-16,19H,7-8,10-11,13-14H2,1-2H3,(H,23,26). The molecule has 0 aliphatic carbocycles. The summed E-state index contributed by atoms with van der Waals surface area (Å²) in [6.45, 7) is 6.52. The Morgan fingerprint density at radius 3 is 2.41 bits per heavy atom. The number of nitrogens with one attached hydrogen (secondary N) is 1. The molecule has 27 heavy (non-hydrogen) atoms. The molecule has 1 saturated heterocycles. The minimum Gasteiger partial charge on any atom is -0.352 e. The maximum absolute atomic E-state index is 12.4. The number of imidazole rings is 1. The molecular formula is C21H28N4O2. The lowest BCUT2D eigenvalue weighted by Gasteiger charge is -2.32. The molecule has 2 amide bonds. The van der Waals surface area contributed by atoms with Gasteiger partial charge in [0.1, 0.15) is 0 Å². The Labute approximate surface area is 160 Å². The van der Waals surface area contributed by atoms with Gasteiger partial charge in [0.15, 0.2) is 0 Å². The summed E-state index contributed by atoms with van der Waals surface area (Å²) in [5.74, 6) is 0.299. The zero-order valence-electron chi connectivity index (χ0n) is 16.1. The monoisotopic (exact) mass is 368 g/mol. The fourth-order valence-electron chi connectivity index (χ4n) is 3.41. The second-order valence-electron chi connectivity index (χ2n) is 7.52. The number of rotatable bonds is 6. The van der Waals surface area contributed by atoms with Crippen molar-refractivity contribution < 1.29 is 9.59 Å². The summed E-state index contributed by atoms with van der Waals surface area (Å²) in [5, 5.41) is 3.04. The fraction of sp³-hybridized carbons (Fsp3) is 0.476. The van der Waals surface area contributed by atoms with Crippen LogP contribution in [0.3, 0.4) is 0 Å². The van der Waals surface area contributed by atoms with Crippen molar-refractivity contribution in [3.05, 3.63) is 54.1 Å². The molecule has 2 heterocycles. The predicted octanol–water partition coefficient (Wildman–Crippen LogP) is 2.44. The molecule has 1 fully saturated rings. The molecule has 0 spiro atoms. The Hall–Kier alpha value is -2.63. The Morgan fingerprint density at radius 1 is 1.15 bits per heavy atom. The number of aromatic nitrogens is 2. The number of amides is 2. The van der Waals surface area contributed by atoms with Crippen LogP contribution in [0.2, 0.25) is 0 Å². The van der Waals surface area contributed by atoms with Crippen molar-refractivity contribution in [2.75, 3.05) is 13.1 Å². The molecule has 1 aromatic heterocycles. The van der Waals surface area contributed by atoms with E-state index in [1.807, 2.05) is 29.5 Å². The molecule has 3 rings (SSSR count). The van der Waals surface area contributed by atoms with E-state index in [0.717, 1.165) is 24.9 Å². The highest BCUT2D eigenvalue weighted by Gasteiger charge is 2.27. The number of piperidine rings is 1. The molecule has 6 heteroatoms. The van der Waals surface area contributed by atoms with Crippen LogP contribution >= 0.6 is 0 Å². The van der Waals surface area contributed by atoms with E-state index in [9.17, 15) is 9.59 Å². The summed E-state index contributed by atoms with van der Waals surface area (Å²) in [7, 11) is 0. The van der Waals surface area contributed by atoms with E-state index in [0.29, 0.717) is 19.6 Å². The van der Waals surface area contributed by atoms with Crippen LogP contribution in [0, 0.1) is 11.8 Å². The SMILES string of the molecule is CC(C)C(=O)N1CCC(C(=O)NCc2ccc(Cn3ccnc3)cc2)CC1. The smallest absolute Gasteiger partial charge is 0.225 e. The van der Waals surface area contributed by atoms with E-state index in [4.69, 9.17) is 0 Å². The van der Waals surface area contributed by atoms with Gasteiger partial charge in [0.2, 0.25) is 11.8 Å². The van der Waals surface area contributed by atoms with Gasteiger partial charge in [0, 0.05) is 50.4 Å². The first-order valence-corrected chi connectivity index (χ1v) is 9.63. The third-order valence-corrected chi connectivity index (χ3v) is 5.09. The average molecular weight is 368 g/mol. The van der Waals surface area contributed by atoms with Crippen LogP contribution in [-0.4, -0.2) is 39.4 Å². The van der Waals surface area contributed by atoms with Gasteiger partial charge < -0.3 is 14.8 Å². The van der Waals surface area contributed by atoms with Crippen LogP contribution in [0.25, 0.3) is 0 Å². The summed E-state index contributed by atoms with van der Waals surface area (Å²) >= 11 is 0. The van der Waals surface area contributed by atoms with Crippen molar-refractivity contribution >= 4 is 11.8 Å². The van der Waals surface area contributed by atoms with E-state index in [1.54, 1.807) is 12.5 Å². The van der Waals surface area contributed by atoms with Gasteiger partial charge in [-0.2, -0.15) is 0 Å². The summed E-state index contributed by atoms with van der Waals surface area (Å²) in [6.07, 6.45) is 7.00. The number of carbonyl (C=O) groups excluding carboxylic acids is 2. The minimum absolute atomic E-state index is 0.00160. The van der Waals surface area contributed by atoms with Gasteiger partial charge in [0.05, 0.1) is 6.33 Å². The molecule has 0 atom stereocenters. The highest BCUT2D eigenvalue weighted by molar-refractivity contribution is 5.80. The summed E-state index contributed by atoms with van der Waals surface area (Å²) < 4.78 is 2.02. The van der Waals surface area contributed by atoms with Crippen molar-refractivity contribution in [1.29, 1.82) is 0 Å². The lowest BCUT2D eigenvalue weighted by atomic mass is 9.95. The van der Waals surface area contributed by atoms with Crippen molar-refractivity contribution in [3.8, 4) is 0 Å². The largest absolute Gasteiger partial charge is 0.352 e. The van der Waals surface area contributed by atoms with Crippen molar-refractivity contribution in [3.63, 3.8) is 0 Å². The topological polar surface area (TPSA) is 67.2 Å². The second-order valence-corrected chi connectivity index (χ2v) is 7.52. The molecule has 1 aromatic carbocycles. The van der Waals surface area contributed by atoms with Gasteiger partial charge in [-0.1, -0.05) is 38.1 Å². The Balaban J connectivity index is 1.43. The third kappa shape index (κ3) is 5.18. The summed E-state index contributed by atoms with van der Waals surface area (Å²) in [6, 6.07) is 8.27. The van der Waals surface area contributed by atoms with E-state index >= 15 is 0 Å². The molecular weight excluding hydrogens is 340 g/mol. The number of hydrogen-bond donors (Lipinski definition) is 1. The van der Waals surface area contributed by atoms with Crippen LogP contribution in [-0.2, 0) is 22.7 Å². The lowest BCUT2D eigenvalue weighted by molar-refractivity contribution is -0.138. The molecule has 144 valence electrons. The molecule has 1 N–H and O–H groups in total. The Morgan fingerprint density at radius 2 is 1.81 bits per heavy atom. The van der Waals surface area contributed by atoms with Crippen LogP contribution < -0.4 is 5.32 Å². The number of nitrogens with zero attached hydrogens (tertiary/aromatic N) is 3. The average Bonchev–Trinajstić information content (AvgIpc) is 3.19. The second kappa shape index (κ2) is 8.84. The lowest BCUT2D eigenvalue weighted by Crippen LogP contribution is -2.44. The van der Waals surface area contributed by atoms with Crippen molar-refractivity contribution in [2.24, 2.45) is 11.8 Å². The Bertz CT molecular complexity index is 745. The molecule has 0 unspecified atom stereocenters. The molecule has 1 aliphatic rings. The number of hydrogen-bond acceptors (Lipinski definition) is 3. The van der Waals surface area contributed by atoms with Gasteiger partial charge in [0.25, 0.3) is 0 Å². The summed E-state index contributed by atoms with van der Waals surface area (Å²) in [4.78, 5) is 30.4. The Kier molecular flexibility index (Phi) is 6.27. The number of carbonyl (C=O) groups is 2. The molecule has 0 radical (unpaired) electrons. The molecule has 6 nitrogen and oxygen atoms in total. The highest BCUT2D eigenvalue weighted by atomic mass is 16.2. The van der Waals surface area contributed by atoms with Gasteiger partial charge in [-0.3, -0.25) is 9.59 Å². The first kappa shape index (κ1) is 19.1. The predicted molar refractivity (Wildman–Crippen MR) is 104 cm³/mol. The van der Waals surface area contributed by atoms with Crippen LogP contribution in [0.5, 0.6) is 0 Å². The molecule has 0 saturated carbocycles. The minimum atomic E-state index is 0.00160. The zero-order chi connectivity index (χ0) is 19.2. The fourth-order valence-corrected chi connectivity index (χ4v) is 3.41. The van der Waals surface area contributed by atoms with E-state index in [-0.39, 0.29) is 23.7 Å². The molecule has 2 aromatic rings. The molecule has 1 aliphatic heterocycles. The maximum atomic E-state index is 12.4. The number of likely N-dealkylation sites (tertiary alicyclic amines) is 1. The van der Waals surface area contributed by atoms with Gasteiger partial charge >= 0.3 is 0 Å². The first-order valence-electron chi connectivity index (χ1n) is 9.63.